The van der Waals surface area contributed by atoms with E-state index in [9.17, 15) is 18.0 Å². The Morgan fingerprint density at radius 2 is 1.94 bits per heavy atom. The molecule has 1 rings (SSSR count). The molecule has 1 saturated heterocycles. The van der Waals surface area contributed by atoms with Crippen molar-refractivity contribution >= 4 is 5.97 Å². The molecule has 4 nitrogen and oxygen atoms in total. The van der Waals surface area contributed by atoms with Crippen molar-refractivity contribution in [1.82, 2.24) is 4.90 Å². The zero-order chi connectivity index (χ0) is 12.9. The van der Waals surface area contributed by atoms with Gasteiger partial charge in [0.2, 0.25) is 0 Å². The monoisotopic (exact) mass is 253 g/mol. The molecule has 0 bridgehead atoms. The highest BCUT2D eigenvalue weighted by Crippen LogP contribution is 2.28. The Morgan fingerprint density at radius 3 is 2.41 bits per heavy atom. The van der Waals surface area contributed by atoms with Crippen LogP contribution in [-0.2, 0) is 9.53 Å². The van der Waals surface area contributed by atoms with Crippen LogP contribution in [0, 0.1) is 0 Å². The van der Waals surface area contributed by atoms with Gasteiger partial charge in [0.1, 0.15) is 0 Å². The van der Waals surface area contributed by atoms with Crippen molar-refractivity contribution in [3.8, 4) is 0 Å². The summed E-state index contributed by atoms with van der Waals surface area (Å²) in [6.07, 6.45) is -4.65. The first kappa shape index (κ1) is 14.0. The Morgan fingerprint density at radius 1 is 1.35 bits per heavy atom. The fourth-order valence-corrected chi connectivity index (χ4v) is 1.55. The molecule has 1 fully saturated rings. The Balaban J connectivity index is 2.52. The van der Waals surface area contributed by atoms with Gasteiger partial charge < -0.3 is 9.84 Å². The number of alkyl halides is 3. The normalized spacial score (nSPS) is 19.4. The number of rotatable bonds is 4. The molecule has 0 radical (unpaired) electrons. The van der Waals surface area contributed by atoms with Crippen LogP contribution in [0.1, 0.15) is 6.42 Å². The third kappa shape index (κ3) is 5.18. The van der Waals surface area contributed by atoms with E-state index < -0.39 is 17.7 Å². The number of carboxylic acid groups (broad SMARTS) is 1. The third-order valence-corrected chi connectivity index (χ3v) is 2.46. The molecule has 1 N–H and O–H groups in total. The Hall–Kier alpha value is -1.08. The molecule has 0 atom stereocenters. The summed E-state index contributed by atoms with van der Waals surface area (Å²) < 4.78 is 42.4. The predicted molar refractivity (Wildman–Crippen MR) is 53.6 cm³/mol. The molecule has 1 aliphatic heterocycles. The van der Waals surface area contributed by atoms with Gasteiger partial charge in [-0.1, -0.05) is 0 Å². The first-order chi connectivity index (χ1) is 7.89. The van der Waals surface area contributed by atoms with Crippen LogP contribution < -0.4 is 0 Å². The lowest BCUT2D eigenvalue weighted by molar-refractivity contribution is -0.132. The average molecular weight is 253 g/mol. The Bertz CT molecular complexity index is 296. The van der Waals surface area contributed by atoms with Crippen molar-refractivity contribution in [2.24, 2.45) is 0 Å². The maximum Gasteiger partial charge on any atom is 0.412 e. The molecule has 0 saturated carbocycles. The second-order valence-electron chi connectivity index (χ2n) is 3.71. The molecule has 0 unspecified atom stereocenters. The fourth-order valence-electron chi connectivity index (χ4n) is 1.55. The van der Waals surface area contributed by atoms with Gasteiger partial charge in [0, 0.05) is 31.3 Å². The second kappa shape index (κ2) is 6.02. The summed E-state index contributed by atoms with van der Waals surface area (Å²) in [6, 6.07) is 0. The fraction of sp³-hybridized carbons (Fsp3) is 0.700. The van der Waals surface area contributed by atoms with Crippen molar-refractivity contribution < 1.29 is 27.8 Å². The van der Waals surface area contributed by atoms with Crippen LogP contribution in [0.5, 0.6) is 0 Å². The van der Waals surface area contributed by atoms with Crippen molar-refractivity contribution in [3.63, 3.8) is 0 Å². The SMILES string of the molecule is O=C(O)/C=C(\CCN1CCOCC1)C(F)(F)F. The van der Waals surface area contributed by atoms with Crippen LogP contribution in [0.15, 0.2) is 11.6 Å². The second-order valence-corrected chi connectivity index (χ2v) is 3.71. The van der Waals surface area contributed by atoms with E-state index in [4.69, 9.17) is 9.84 Å². The highest BCUT2D eigenvalue weighted by atomic mass is 19.4. The Kier molecular flexibility index (Phi) is 4.95. The topological polar surface area (TPSA) is 49.8 Å². The minimum absolute atomic E-state index is 0.196. The minimum Gasteiger partial charge on any atom is -0.478 e. The molecule has 1 aliphatic rings. The van der Waals surface area contributed by atoms with Gasteiger partial charge >= 0.3 is 12.1 Å². The molecule has 98 valence electrons. The number of halogens is 3. The van der Waals surface area contributed by atoms with Crippen LogP contribution >= 0.6 is 0 Å². The summed E-state index contributed by atoms with van der Waals surface area (Å²) in [5, 5.41) is 8.37. The quantitative estimate of drug-likeness (QED) is 0.767. The number of hydrogen-bond acceptors (Lipinski definition) is 3. The molecule has 1 heterocycles. The summed E-state index contributed by atoms with van der Waals surface area (Å²) in [5.74, 6) is -1.57. The van der Waals surface area contributed by atoms with E-state index in [0.717, 1.165) is 0 Å². The van der Waals surface area contributed by atoms with Gasteiger partial charge in [0.05, 0.1) is 13.2 Å². The predicted octanol–water partition coefficient (Wildman–Crippen LogP) is 1.28. The maximum absolute atomic E-state index is 12.5. The lowest BCUT2D eigenvalue weighted by atomic mass is 10.1. The van der Waals surface area contributed by atoms with E-state index >= 15 is 0 Å². The summed E-state index contributed by atoms with van der Waals surface area (Å²) in [5.41, 5.74) is -1.00. The zero-order valence-electron chi connectivity index (χ0n) is 9.16. The summed E-state index contributed by atoms with van der Waals surface area (Å²) in [7, 11) is 0. The molecule has 0 aromatic heterocycles. The van der Waals surface area contributed by atoms with Crippen molar-refractivity contribution in [1.29, 1.82) is 0 Å². The first-order valence-electron chi connectivity index (χ1n) is 5.20. The number of ether oxygens (including phenoxy) is 1. The van der Waals surface area contributed by atoms with Crippen LogP contribution in [-0.4, -0.2) is 55.0 Å². The summed E-state index contributed by atoms with van der Waals surface area (Å²) in [6.45, 7) is 2.37. The smallest absolute Gasteiger partial charge is 0.412 e. The molecule has 0 amide bonds. The van der Waals surface area contributed by atoms with E-state index in [1.54, 1.807) is 0 Å². The number of aliphatic carboxylic acids is 1. The number of hydrogen-bond donors (Lipinski definition) is 1. The molecule has 17 heavy (non-hydrogen) atoms. The van der Waals surface area contributed by atoms with Crippen LogP contribution in [0.3, 0.4) is 0 Å². The van der Waals surface area contributed by atoms with Crippen LogP contribution in [0.4, 0.5) is 13.2 Å². The third-order valence-electron chi connectivity index (χ3n) is 2.46. The molecule has 0 spiro atoms. The number of carboxylic acids is 1. The van der Waals surface area contributed by atoms with E-state index in [1.807, 2.05) is 4.90 Å². The van der Waals surface area contributed by atoms with E-state index in [0.29, 0.717) is 26.3 Å². The largest absolute Gasteiger partial charge is 0.478 e. The van der Waals surface area contributed by atoms with E-state index in [1.165, 1.54) is 0 Å². The van der Waals surface area contributed by atoms with E-state index in [-0.39, 0.29) is 19.0 Å². The van der Waals surface area contributed by atoms with Gasteiger partial charge in [0.25, 0.3) is 0 Å². The number of morpholine rings is 1. The Labute approximate surface area is 96.7 Å². The number of carbonyl (C=O) groups is 1. The maximum atomic E-state index is 12.5. The molecular formula is C10H14F3NO3. The van der Waals surface area contributed by atoms with Crippen molar-refractivity contribution in [2.45, 2.75) is 12.6 Å². The molecule has 7 heteroatoms. The molecule has 0 aliphatic carbocycles. The number of nitrogens with zero attached hydrogens (tertiary/aromatic N) is 1. The van der Waals surface area contributed by atoms with Gasteiger partial charge in [-0.15, -0.1) is 0 Å². The highest BCUT2D eigenvalue weighted by Gasteiger charge is 2.34. The van der Waals surface area contributed by atoms with Crippen LogP contribution in [0.2, 0.25) is 0 Å². The molecular weight excluding hydrogens is 239 g/mol. The summed E-state index contributed by atoms with van der Waals surface area (Å²) in [4.78, 5) is 12.1. The zero-order valence-corrected chi connectivity index (χ0v) is 9.16. The van der Waals surface area contributed by atoms with Gasteiger partial charge in [-0.05, 0) is 6.42 Å². The van der Waals surface area contributed by atoms with Crippen molar-refractivity contribution in [3.05, 3.63) is 11.6 Å². The van der Waals surface area contributed by atoms with E-state index in [2.05, 4.69) is 0 Å². The van der Waals surface area contributed by atoms with Crippen LogP contribution in [0.25, 0.3) is 0 Å². The molecule has 0 aromatic carbocycles. The van der Waals surface area contributed by atoms with Gasteiger partial charge in [-0.3, -0.25) is 4.90 Å². The molecule has 0 aromatic rings. The van der Waals surface area contributed by atoms with Gasteiger partial charge in [0.15, 0.2) is 0 Å². The van der Waals surface area contributed by atoms with Gasteiger partial charge in [-0.25, -0.2) is 4.79 Å². The van der Waals surface area contributed by atoms with Crippen molar-refractivity contribution in [2.75, 3.05) is 32.8 Å². The highest BCUT2D eigenvalue weighted by molar-refractivity contribution is 5.80. The lowest BCUT2D eigenvalue weighted by Crippen LogP contribution is -2.37. The average Bonchev–Trinajstić information content (AvgIpc) is 2.23. The van der Waals surface area contributed by atoms with Gasteiger partial charge in [-0.2, -0.15) is 13.2 Å². The lowest BCUT2D eigenvalue weighted by Gasteiger charge is -2.27. The summed E-state index contributed by atoms with van der Waals surface area (Å²) >= 11 is 0. The minimum atomic E-state index is -4.58. The standard InChI is InChI=1S/C10H14F3NO3/c11-10(12,13)8(7-9(15)16)1-2-14-3-5-17-6-4-14/h7H,1-6H2,(H,15,16)/b8-7+. The first-order valence-corrected chi connectivity index (χ1v) is 5.20.